The van der Waals surface area contributed by atoms with Gasteiger partial charge in [0.1, 0.15) is 0 Å². The molecule has 5 heteroatoms. The van der Waals surface area contributed by atoms with Gasteiger partial charge in [0, 0.05) is 56.4 Å². The van der Waals surface area contributed by atoms with Crippen LogP contribution in [0.15, 0.2) is 48.8 Å². The lowest BCUT2D eigenvalue weighted by Crippen LogP contribution is -2.44. The molecule has 2 aromatic rings. The van der Waals surface area contributed by atoms with Crippen LogP contribution in [-0.2, 0) is 6.42 Å². The molecule has 1 aromatic carbocycles. The van der Waals surface area contributed by atoms with Gasteiger partial charge in [-0.3, -0.25) is 9.78 Å². The highest BCUT2D eigenvalue weighted by atomic mass is 16.1. The first kappa shape index (κ1) is 17.4. The van der Waals surface area contributed by atoms with Crippen molar-refractivity contribution in [2.75, 3.05) is 44.7 Å². The van der Waals surface area contributed by atoms with E-state index in [2.05, 4.69) is 39.3 Å². The number of aryl methyl sites for hydroxylation is 1. The van der Waals surface area contributed by atoms with Crippen molar-refractivity contribution < 1.29 is 4.79 Å². The smallest absolute Gasteiger partial charge is 0.251 e. The second kappa shape index (κ2) is 8.62. The number of hydrogen-bond donors (Lipinski definition) is 1. The number of aromatic nitrogens is 1. The van der Waals surface area contributed by atoms with E-state index in [1.807, 2.05) is 24.3 Å². The van der Waals surface area contributed by atoms with Crippen molar-refractivity contribution in [2.45, 2.75) is 12.8 Å². The highest BCUT2D eigenvalue weighted by Crippen LogP contribution is 2.17. The highest BCUT2D eigenvalue weighted by molar-refractivity contribution is 5.94. The predicted octanol–water partition coefficient (Wildman–Crippen LogP) is 2.20. The molecule has 0 radical (unpaired) electrons. The molecule has 1 aromatic heterocycles. The number of rotatable bonds is 6. The summed E-state index contributed by atoms with van der Waals surface area (Å²) < 4.78 is 0. The first-order valence-electron chi connectivity index (χ1n) is 8.93. The summed E-state index contributed by atoms with van der Waals surface area (Å²) in [5.41, 5.74) is 3.17. The van der Waals surface area contributed by atoms with Crippen LogP contribution in [0.4, 0.5) is 5.69 Å². The Kier molecular flexibility index (Phi) is 6.01. The minimum atomic E-state index is -0.000319. The molecule has 2 heterocycles. The molecule has 132 valence electrons. The Balaban J connectivity index is 1.44. The average molecular weight is 338 g/mol. The Hall–Kier alpha value is -2.40. The zero-order valence-electron chi connectivity index (χ0n) is 14.8. The topological polar surface area (TPSA) is 48.5 Å². The van der Waals surface area contributed by atoms with Crippen molar-refractivity contribution >= 4 is 11.6 Å². The molecule has 0 spiro atoms. The zero-order chi connectivity index (χ0) is 17.5. The van der Waals surface area contributed by atoms with Gasteiger partial charge in [-0.25, -0.2) is 0 Å². The van der Waals surface area contributed by atoms with E-state index < -0.39 is 0 Å². The van der Waals surface area contributed by atoms with Gasteiger partial charge in [-0.2, -0.15) is 0 Å². The summed E-state index contributed by atoms with van der Waals surface area (Å²) in [6, 6.07) is 12.0. The Bertz CT molecular complexity index is 664. The number of carbonyl (C=O) groups is 1. The summed E-state index contributed by atoms with van der Waals surface area (Å²) in [4.78, 5) is 21.0. The van der Waals surface area contributed by atoms with Crippen molar-refractivity contribution in [3.63, 3.8) is 0 Å². The minimum Gasteiger partial charge on any atom is -0.369 e. The molecule has 0 aliphatic carbocycles. The number of benzene rings is 1. The lowest BCUT2D eigenvalue weighted by Gasteiger charge is -2.34. The maximum atomic E-state index is 12.2. The van der Waals surface area contributed by atoms with E-state index >= 15 is 0 Å². The molecule has 1 aliphatic heterocycles. The molecule has 0 saturated carbocycles. The lowest BCUT2D eigenvalue weighted by atomic mass is 10.1. The summed E-state index contributed by atoms with van der Waals surface area (Å²) in [5.74, 6) is -0.000319. The number of anilines is 1. The minimum absolute atomic E-state index is 0.000319. The molecule has 5 nitrogen and oxygen atoms in total. The van der Waals surface area contributed by atoms with E-state index in [0.717, 1.165) is 44.6 Å². The predicted molar refractivity (Wildman–Crippen MR) is 101 cm³/mol. The summed E-state index contributed by atoms with van der Waals surface area (Å²) >= 11 is 0. The average Bonchev–Trinajstić information content (AvgIpc) is 2.67. The van der Waals surface area contributed by atoms with Crippen molar-refractivity contribution in [1.29, 1.82) is 0 Å². The summed E-state index contributed by atoms with van der Waals surface area (Å²) in [7, 11) is 2.15. The number of pyridine rings is 1. The van der Waals surface area contributed by atoms with Crippen LogP contribution in [0.25, 0.3) is 0 Å². The fourth-order valence-electron chi connectivity index (χ4n) is 3.03. The van der Waals surface area contributed by atoms with E-state index in [-0.39, 0.29) is 5.91 Å². The molecule has 0 unspecified atom stereocenters. The standard InChI is InChI=1S/C20H26N4O/c1-23-13-15-24(16-14-23)19-6-4-18(5-7-19)20(25)22-10-2-3-17-8-11-21-12-9-17/h4-9,11-12H,2-3,10,13-16H2,1H3,(H,22,25). The number of amides is 1. The molecule has 1 aliphatic rings. The number of nitrogens with one attached hydrogen (secondary N) is 1. The van der Waals surface area contributed by atoms with E-state index in [9.17, 15) is 4.79 Å². The lowest BCUT2D eigenvalue weighted by molar-refractivity contribution is 0.0953. The fraction of sp³-hybridized carbons (Fsp3) is 0.400. The SMILES string of the molecule is CN1CCN(c2ccc(C(=O)NCCCc3ccncc3)cc2)CC1. The van der Waals surface area contributed by atoms with Gasteiger partial charge in [0.15, 0.2) is 0 Å². The summed E-state index contributed by atoms with van der Waals surface area (Å²) in [5, 5.41) is 3.00. The van der Waals surface area contributed by atoms with Gasteiger partial charge in [0.2, 0.25) is 0 Å². The first-order chi connectivity index (χ1) is 12.2. The molecular formula is C20H26N4O. The molecular weight excluding hydrogens is 312 g/mol. The van der Waals surface area contributed by atoms with E-state index in [1.165, 1.54) is 11.3 Å². The monoisotopic (exact) mass is 338 g/mol. The highest BCUT2D eigenvalue weighted by Gasteiger charge is 2.14. The van der Waals surface area contributed by atoms with Crippen LogP contribution in [0.1, 0.15) is 22.3 Å². The van der Waals surface area contributed by atoms with Gasteiger partial charge in [-0.05, 0) is 61.9 Å². The maximum Gasteiger partial charge on any atom is 0.251 e. The maximum absolute atomic E-state index is 12.2. The van der Waals surface area contributed by atoms with Crippen LogP contribution in [0.2, 0.25) is 0 Å². The molecule has 0 atom stereocenters. The van der Waals surface area contributed by atoms with E-state index in [4.69, 9.17) is 0 Å². The van der Waals surface area contributed by atoms with Crippen LogP contribution in [0, 0.1) is 0 Å². The first-order valence-corrected chi connectivity index (χ1v) is 8.93. The van der Waals surface area contributed by atoms with Crippen molar-refractivity contribution in [2.24, 2.45) is 0 Å². The number of likely N-dealkylation sites (N-methyl/N-ethyl adjacent to an activating group) is 1. The van der Waals surface area contributed by atoms with Gasteiger partial charge >= 0.3 is 0 Å². The van der Waals surface area contributed by atoms with Gasteiger partial charge in [0.25, 0.3) is 5.91 Å². The van der Waals surface area contributed by atoms with Crippen LogP contribution >= 0.6 is 0 Å². The molecule has 0 bridgehead atoms. The zero-order valence-corrected chi connectivity index (χ0v) is 14.8. The Morgan fingerprint density at radius 3 is 2.40 bits per heavy atom. The van der Waals surface area contributed by atoms with Crippen molar-refractivity contribution in [1.82, 2.24) is 15.2 Å². The molecule has 1 saturated heterocycles. The number of nitrogens with zero attached hydrogens (tertiary/aromatic N) is 3. The van der Waals surface area contributed by atoms with E-state index in [1.54, 1.807) is 12.4 Å². The number of hydrogen-bond acceptors (Lipinski definition) is 4. The Labute approximate surface area is 149 Å². The van der Waals surface area contributed by atoms with E-state index in [0.29, 0.717) is 6.54 Å². The van der Waals surface area contributed by atoms with Gasteiger partial charge in [0.05, 0.1) is 0 Å². The molecule has 1 amide bonds. The second-order valence-electron chi connectivity index (χ2n) is 6.55. The van der Waals surface area contributed by atoms with Gasteiger partial charge in [-0.15, -0.1) is 0 Å². The fourth-order valence-corrected chi connectivity index (χ4v) is 3.03. The van der Waals surface area contributed by atoms with Crippen LogP contribution in [0.5, 0.6) is 0 Å². The molecule has 1 N–H and O–H groups in total. The molecule has 1 fully saturated rings. The summed E-state index contributed by atoms with van der Waals surface area (Å²) in [6.07, 6.45) is 5.48. The van der Waals surface area contributed by atoms with Gasteiger partial charge < -0.3 is 15.1 Å². The number of carbonyl (C=O) groups excluding carboxylic acids is 1. The number of piperazine rings is 1. The third-order valence-corrected chi connectivity index (χ3v) is 4.68. The molecule has 3 rings (SSSR count). The Morgan fingerprint density at radius 1 is 1.04 bits per heavy atom. The van der Waals surface area contributed by atoms with Crippen molar-refractivity contribution in [3.8, 4) is 0 Å². The van der Waals surface area contributed by atoms with Gasteiger partial charge in [-0.1, -0.05) is 0 Å². The largest absolute Gasteiger partial charge is 0.369 e. The quantitative estimate of drug-likeness (QED) is 0.821. The van der Waals surface area contributed by atoms with Crippen LogP contribution < -0.4 is 10.2 Å². The third kappa shape index (κ3) is 5.03. The van der Waals surface area contributed by atoms with Crippen LogP contribution in [0.3, 0.4) is 0 Å². The second-order valence-corrected chi connectivity index (χ2v) is 6.55. The third-order valence-electron chi connectivity index (χ3n) is 4.68. The summed E-state index contributed by atoms with van der Waals surface area (Å²) in [6.45, 7) is 4.93. The Morgan fingerprint density at radius 2 is 1.72 bits per heavy atom. The van der Waals surface area contributed by atoms with Crippen LogP contribution in [-0.4, -0.2) is 55.6 Å². The normalized spacial score (nSPS) is 15.2. The molecule has 25 heavy (non-hydrogen) atoms. The van der Waals surface area contributed by atoms with Crippen molar-refractivity contribution in [3.05, 3.63) is 59.9 Å².